The van der Waals surface area contributed by atoms with Crippen LogP contribution in [0.1, 0.15) is 40.5 Å². The highest BCUT2D eigenvalue weighted by molar-refractivity contribution is 5.78. The Morgan fingerprint density at radius 1 is 1.50 bits per heavy atom. The van der Waals surface area contributed by atoms with E-state index in [2.05, 4.69) is 0 Å². The number of β-amino-alcohol motifs (C(OH)–C–C–N with tert-alkyl or cyclic N) is 1. The van der Waals surface area contributed by atoms with Gasteiger partial charge in [-0.25, -0.2) is 0 Å². The Balaban J connectivity index is 2.39. The number of nitrogens with two attached hydrogens (primary N) is 1. The predicted molar refractivity (Wildman–Crippen MR) is 63.9 cm³/mol. The highest BCUT2D eigenvalue weighted by Crippen LogP contribution is 2.26. The Morgan fingerprint density at radius 3 is 2.38 bits per heavy atom. The van der Waals surface area contributed by atoms with Crippen LogP contribution in [-0.2, 0) is 4.79 Å². The molecule has 1 saturated heterocycles. The van der Waals surface area contributed by atoms with Gasteiger partial charge in [-0.1, -0.05) is 27.7 Å². The van der Waals surface area contributed by atoms with Crippen molar-refractivity contribution in [1.82, 2.24) is 4.90 Å². The van der Waals surface area contributed by atoms with E-state index in [-0.39, 0.29) is 17.4 Å². The molecule has 0 aromatic carbocycles. The van der Waals surface area contributed by atoms with Crippen LogP contribution >= 0.6 is 0 Å². The molecule has 16 heavy (non-hydrogen) atoms. The van der Waals surface area contributed by atoms with Crippen molar-refractivity contribution in [2.24, 2.45) is 11.1 Å². The summed E-state index contributed by atoms with van der Waals surface area (Å²) >= 11 is 0. The minimum atomic E-state index is -0.651. The van der Waals surface area contributed by atoms with E-state index in [9.17, 15) is 9.90 Å². The lowest BCUT2D eigenvalue weighted by Crippen LogP contribution is -2.63. The molecule has 1 aliphatic heterocycles. The van der Waals surface area contributed by atoms with Crippen LogP contribution in [0.4, 0.5) is 0 Å². The zero-order valence-corrected chi connectivity index (χ0v) is 10.8. The van der Waals surface area contributed by atoms with E-state index >= 15 is 0 Å². The first kappa shape index (κ1) is 13.5. The minimum absolute atomic E-state index is 0.0540. The lowest BCUT2D eigenvalue weighted by Gasteiger charge is -2.46. The number of aliphatic hydroxyl groups is 1. The fourth-order valence-electron chi connectivity index (χ4n) is 1.69. The summed E-state index contributed by atoms with van der Waals surface area (Å²) in [5.41, 5.74) is 5.25. The van der Waals surface area contributed by atoms with Gasteiger partial charge in [0.25, 0.3) is 0 Å². The first-order valence-electron chi connectivity index (χ1n) is 5.94. The summed E-state index contributed by atoms with van der Waals surface area (Å²) in [6.45, 7) is 8.94. The van der Waals surface area contributed by atoms with Crippen molar-refractivity contribution in [3.63, 3.8) is 0 Å². The molecule has 4 nitrogen and oxygen atoms in total. The molecule has 3 N–H and O–H groups in total. The zero-order chi connectivity index (χ0) is 12.6. The van der Waals surface area contributed by atoms with Crippen molar-refractivity contribution >= 4 is 5.91 Å². The Hall–Kier alpha value is -0.610. The summed E-state index contributed by atoms with van der Waals surface area (Å²) < 4.78 is 0. The summed E-state index contributed by atoms with van der Waals surface area (Å²) in [4.78, 5) is 13.5. The third-order valence-corrected chi connectivity index (χ3v) is 3.49. The van der Waals surface area contributed by atoms with Gasteiger partial charge in [0.15, 0.2) is 0 Å². The second-order valence-corrected chi connectivity index (χ2v) is 6.00. The Kier molecular flexibility index (Phi) is 3.65. The van der Waals surface area contributed by atoms with E-state index in [0.717, 1.165) is 0 Å². The number of hydrogen-bond acceptors (Lipinski definition) is 3. The predicted octanol–water partition coefficient (Wildman–Crippen LogP) is 0.733. The van der Waals surface area contributed by atoms with Gasteiger partial charge in [0.05, 0.1) is 18.7 Å². The van der Waals surface area contributed by atoms with Gasteiger partial charge in [-0.2, -0.15) is 0 Å². The molecule has 1 aliphatic rings. The van der Waals surface area contributed by atoms with E-state index < -0.39 is 5.60 Å². The van der Waals surface area contributed by atoms with Gasteiger partial charge in [-0.15, -0.1) is 0 Å². The molecule has 0 saturated carbocycles. The zero-order valence-electron chi connectivity index (χ0n) is 10.8. The summed E-state index contributed by atoms with van der Waals surface area (Å²) in [6.07, 6.45) is 1.06. The van der Waals surface area contributed by atoms with Crippen LogP contribution < -0.4 is 5.73 Å². The second-order valence-electron chi connectivity index (χ2n) is 6.00. The molecule has 0 bridgehead atoms. The molecular weight excluding hydrogens is 204 g/mol. The van der Waals surface area contributed by atoms with Crippen molar-refractivity contribution in [1.29, 1.82) is 0 Å². The van der Waals surface area contributed by atoms with Gasteiger partial charge in [-0.3, -0.25) is 4.79 Å². The van der Waals surface area contributed by atoms with Crippen molar-refractivity contribution in [2.45, 2.75) is 52.2 Å². The van der Waals surface area contributed by atoms with Crippen molar-refractivity contribution in [2.75, 3.05) is 13.1 Å². The Labute approximate surface area is 97.8 Å². The molecule has 1 unspecified atom stereocenters. The Bertz CT molecular complexity index is 265. The lowest BCUT2D eigenvalue weighted by molar-refractivity contribution is -0.156. The van der Waals surface area contributed by atoms with E-state index in [1.807, 2.05) is 27.7 Å². The molecule has 1 atom stereocenters. The molecule has 0 aliphatic carbocycles. The molecule has 0 spiro atoms. The van der Waals surface area contributed by atoms with Crippen LogP contribution in [0.3, 0.4) is 0 Å². The molecule has 1 amide bonds. The van der Waals surface area contributed by atoms with Crippen LogP contribution in [0.2, 0.25) is 0 Å². The van der Waals surface area contributed by atoms with Crippen molar-refractivity contribution < 1.29 is 9.90 Å². The van der Waals surface area contributed by atoms with E-state index in [1.165, 1.54) is 0 Å². The summed E-state index contributed by atoms with van der Waals surface area (Å²) in [5.74, 6) is 0.0561. The fourth-order valence-corrected chi connectivity index (χ4v) is 1.69. The van der Waals surface area contributed by atoms with Gasteiger partial charge in [0.1, 0.15) is 0 Å². The van der Waals surface area contributed by atoms with E-state index in [0.29, 0.717) is 25.9 Å². The molecule has 4 heteroatoms. The quantitative estimate of drug-likeness (QED) is 0.748. The van der Waals surface area contributed by atoms with Gasteiger partial charge in [0.2, 0.25) is 5.91 Å². The number of hydrogen-bond donors (Lipinski definition) is 2. The maximum absolute atomic E-state index is 11.8. The average Bonchev–Trinajstić information content (AvgIpc) is 2.11. The number of amides is 1. The summed E-state index contributed by atoms with van der Waals surface area (Å²) in [5, 5.41) is 9.81. The maximum atomic E-state index is 11.8. The summed E-state index contributed by atoms with van der Waals surface area (Å²) in [7, 11) is 0. The molecule has 0 radical (unpaired) electrons. The number of carbonyl (C=O) groups excluding carboxylic acids is 1. The summed E-state index contributed by atoms with van der Waals surface area (Å²) in [6, 6.07) is -0.129. The minimum Gasteiger partial charge on any atom is -0.386 e. The van der Waals surface area contributed by atoms with Crippen LogP contribution in [0.25, 0.3) is 0 Å². The van der Waals surface area contributed by atoms with Crippen molar-refractivity contribution in [3.8, 4) is 0 Å². The standard InChI is InChI=1S/C12H24N2O2/c1-5-12(16)7-14(8-12)10(15)6-9(13)11(2,3)4/h9,16H,5-8,13H2,1-4H3. The molecule has 0 aromatic rings. The third-order valence-electron chi connectivity index (χ3n) is 3.49. The molecule has 0 aromatic heterocycles. The van der Waals surface area contributed by atoms with Crippen LogP contribution in [0.5, 0.6) is 0 Å². The number of rotatable bonds is 3. The largest absolute Gasteiger partial charge is 0.386 e. The average molecular weight is 228 g/mol. The highest BCUT2D eigenvalue weighted by atomic mass is 16.3. The molecule has 94 valence electrons. The number of carbonyl (C=O) groups is 1. The first-order valence-corrected chi connectivity index (χ1v) is 5.94. The fraction of sp³-hybridized carbons (Fsp3) is 0.917. The van der Waals surface area contributed by atoms with E-state index in [4.69, 9.17) is 5.73 Å². The highest BCUT2D eigenvalue weighted by Gasteiger charge is 2.42. The normalized spacial score (nSPS) is 21.5. The first-order chi connectivity index (χ1) is 7.18. The van der Waals surface area contributed by atoms with Gasteiger partial charge in [-0.05, 0) is 11.8 Å². The van der Waals surface area contributed by atoms with Gasteiger partial charge < -0.3 is 15.7 Å². The topological polar surface area (TPSA) is 66.6 Å². The molecule has 1 heterocycles. The lowest BCUT2D eigenvalue weighted by atomic mass is 9.84. The molecule has 1 fully saturated rings. The second kappa shape index (κ2) is 4.34. The van der Waals surface area contributed by atoms with Crippen LogP contribution in [0.15, 0.2) is 0 Å². The van der Waals surface area contributed by atoms with Crippen molar-refractivity contribution in [3.05, 3.63) is 0 Å². The SMILES string of the molecule is CCC1(O)CN(C(=O)CC(N)C(C)(C)C)C1. The van der Waals surface area contributed by atoms with Gasteiger partial charge in [0, 0.05) is 12.5 Å². The third kappa shape index (κ3) is 2.95. The van der Waals surface area contributed by atoms with Crippen LogP contribution in [-0.4, -0.2) is 40.6 Å². The molecular formula is C12H24N2O2. The maximum Gasteiger partial charge on any atom is 0.224 e. The monoisotopic (exact) mass is 228 g/mol. The van der Waals surface area contributed by atoms with Gasteiger partial charge >= 0.3 is 0 Å². The van der Waals surface area contributed by atoms with Crippen LogP contribution in [0, 0.1) is 5.41 Å². The number of nitrogens with zero attached hydrogens (tertiary/aromatic N) is 1. The van der Waals surface area contributed by atoms with E-state index in [1.54, 1.807) is 4.90 Å². The number of likely N-dealkylation sites (tertiary alicyclic amines) is 1. The molecule has 1 rings (SSSR count). The smallest absolute Gasteiger partial charge is 0.224 e. The Morgan fingerprint density at radius 2 is 2.00 bits per heavy atom.